The highest BCUT2D eigenvalue weighted by molar-refractivity contribution is 14.1. The van der Waals surface area contributed by atoms with Crippen molar-refractivity contribution >= 4 is 23.0 Å². The van der Waals surface area contributed by atoms with Gasteiger partial charge in [-0.3, -0.25) is 4.90 Å². The summed E-state index contributed by atoms with van der Waals surface area (Å²) in [5, 5.41) is 0. The molecule has 2 atom stereocenters. The van der Waals surface area contributed by atoms with Gasteiger partial charge in [0.25, 0.3) is 0 Å². The minimum absolute atomic E-state index is 0.434. The fourth-order valence-electron chi connectivity index (χ4n) is 1.98. The van der Waals surface area contributed by atoms with Gasteiger partial charge in [-0.05, 0) is 19.3 Å². The topological polar surface area (TPSA) is 21.7 Å². The van der Waals surface area contributed by atoms with E-state index in [0.717, 1.165) is 45.5 Å². The first-order valence-corrected chi connectivity index (χ1v) is 6.79. The standard InChI is InChI=1S/C11H22INO2/c1-3-10-8-13(6-5-7-14-12)9-11(4-2)15-10/h10-11H,3-9H2,1-2H3/t10-,11+. The smallest absolute Gasteiger partial charge is 0.109 e. The summed E-state index contributed by atoms with van der Waals surface area (Å²) in [6, 6.07) is 0. The first-order chi connectivity index (χ1) is 7.30. The van der Waals surface area contributed by atoms with Crippen molar-refractivity contribution in [3.63, 3.8) is 0 Å². The molecule has 1 heterocycles. The number of morpholine rings is 1. The molecule has 0 unspecified atom stereocenters. The van der Waals surface area contributed by atoms with Crippen molar-refractivity contribution in [2.45, 2.75) is 45.3 Å². The predicted octanol–water partition coefficient (Wildman–Crippen LogP) is 2.63. The molecular formula is C11H22INO2. The van der Waals surface area contributed by atoms with Crippen LogP contribution in [0.4, 0.5) is 0 Å². The van der Waals surface area contributed by atoms with Crippen LogP contribution in [0.5, 0.6) is 0 Å². The zero-order valence-electron chi connectivity index (χ0n) is 9.75. The first kappa shape index (κ1) is 13.7. The fraction of sp³-hybridized carbons (Fsp3) is 1.00. The Labute approximate surface area is 107 Å². The van der Waals surface area contributed by atoms with Crippen LogP contribution in [0.15, 0.2) is 0 Å². The Morgan fingerprint density at radius 1 is 1.27 bits per heavy atom. The maximum absolute atomic E-state index is 5.95. The molecule has 4 heteroatoms. The van der Waals surface area contributed by atoms with Gasteiger partial charge in [0.15, 0.2) is 0 Å². The zero-order chi connectivity index (χ0) is 11.1. The van der Waals surface area contributed by atoms with E-state index in [0.29, 0.717) is 12.2 Å². The van der Waals surface area contributed by atoms with Crippen molar-refractivity contribution in [2.75, 3.05) is 26.2 Å². The van der Waals surface area contributed by atoms with E-state index in [-0.39, 0.29) is 0 Å². The van der Waals surface area contributed by atoms with Gasteiger partial charge in [0, 0.05) is 19.6 Å². The number of ether oxygens (including phenoxy) is 1. The average molecular weight is 327 g/mol. The normalized spacial score (nSPS) is 28.2. The van der Waals surface area contributed by atoms with Crippen LogP contribution in [0.25, 0.3) is 0 Å². The second-order valence-electron chi connectivity index (χ2n) is 4.12. The predicted molar refractivity (Wildman–Crippen MR) is 70.3 cm³/mol. The Morgan fingerprint density at radius 3 is 2.33 bits per heavy atom. The lowest BCUT2D eigenvalue weighted by Gasteiger charge is -2.37. The minimum atomic E-state index is 0.434. The van der Waals surface area contributed by atoms with E-state index in [2.05, 4.69) is 18.7 Å². The van der Waals surface area contributed by atoms with Crippen molar-refractivity contribution < 1.29 is 7.80 Å². The van der Waals surface area contributed by atoms with Gasteiger partial charge in [-0.25, -0.2) is 0 Å². The fourth-order valence-corrected chi connectivity index (χ4v) is 2.30. The van der Waals surface area contributed by atoms with Crippen molar-refractivity contribution in [1.29, 1.82) is 0 Å². The molecule has 15 heavy (non-hydrogen) atoms. The number of hydrogen-bond acceptors (Lipinski definition) is 3. The summed E-state index contributed by atoms with van der Waals surface area (Å²) in [6.45, 7) is 8.58. The molecule has 1 aliphatic rings. The lowest BCUT2D eigenvalue weighted by Crippen LogP contribution is -2.47. The number of rotatable bonds is 6. The lowest BCUT2D eigenvalue weighted by molar-refractivity contribution is -0.0873. The minimum Gasteiger partial charge on any atom is -0.372 e. The number of nitrogens with zero attached hydrogens (tertiary/aromatic N) is 1. The summed E-state index contributed by atoms with van der Waals surface area (Å²) in [5.41, 5.74) is 0. The third-order valence-electron chi connectivity index (χ3n) is 2.92. The van der Waals surface area contributed by atoms with E-state index in [1.165, 1.54) is 0 Å². The molecular weight excluding hydrogens is 305 g/mol. The summed E-state index contributed by atoms with van der Waals surface area (Å²) in [6.07, 6.45) is 4.23. The van der Waals surface area contributed by atoms with E-state index in [1.807, 2.05) is 23.0 Å². The molecule has 1 saturated heterocycles. The molecule has 90 valence electrons. The van der Waals surface area contributed by atoms with Crippen molar-refractivity contribution in [2.24, 2.45) is 0 Å². The molecule has 0 aromatic carbocycles. The van der Waals surface area contributed by atoms with Crippen LogP contribution >= 0.6 is 23.0 Å². The molecule has 0 radical (unpaired) electrons. The maximum atomic E-state index is 5.95. The third kappa shape index (κ3) is 4.97. The molecule has 1 aliphatic heterocycles. The molecule has 3 nitrogen and oxygen atoms in total. The Kier molecular flexibility index (Phi) is 7.12. The average Bonchev–Trinajstić information content (AvgIpc) is 2.29. The van der Waals surface area contributed by atoms with Crippen LogP contribution in [0.3, 0.4) is 0 Å². The molecule has 0 bridgehead atoms. The Hall–Kier alpha value is 0.610. The quantitative estimate of drug-likeness (QED) is 0.553. The summed E-state index contributed by atoms with van der Waals surface area (Å²) in [4.78, 5) is 2.52. The maximum Gasteiger partial charge on any atom is 0.109 e. The summed E-state index contributed by atoms with van der Waals surface area (Å²) >= 11 is 1.96. The molecule has 1 rings (SSSR count). The molecule has 0 N–H and O–H groups in total. The third-order valence-corrected chi connectivity index (χ3v) is 3.36. The van der Waals surface area contributed by atoms with Crippen LogP contribution in [-0.4, -0.2) is 43.3 Å². The van der Waals surface area contributed by atoms with Crippen LogP contribution in [-0.2, 0) is 7.80 Å². The summed E-state index contributed by atoms with van der Waals surface area (Å²) in [7, 11) is 0. The molecule has 0 spiro atoms. The largest absolute Gasteiger partial charge is 0.372 e. The Balaban J connectivity index is 2.29. The molecule has 1 fully saturated rings. The van der Waals surface area contributed by atoms with Gasteiger partial charge >= 0.3 is 0 Å². The highest BCUT2D eigenvalue weighted by Crippen LogP contribution is 2.16. The Bertz CT molecular complexity index is 157. The van der Waals surface area contributed by atoms with Crippen LogP contribution in [0.2, 0.25) is 0 Å². The Morgan fingerprint density at radius 2 is 1.87 bits per heavy atom. The second-order valence-corrected chi connectivity index (χ2v) is 4.75. The van der Waals surface area contributed by atoms with E-state index in [9.17, 15) is 0 Å². The van der Waals surface area contributed by atoms with E-state index >= 15 is 0 Å². The van der Waals surface area contributed by atoms with E-state index in [1.54, 1.807) is 0 Å². The van der Waals surface area contributed by atoms with Gasteiger partial charge in [0.2, 0.25) is 0 Å². The number of hydrogen-bond donors (Lipinski definition) is 0. The molecule has 0 saturated carbocycles. The van der Waals surface area contributed by atoms with Gasteiger partial charge in [-0.1, -0.05) is 13.8 Å². The van der Waals surface area contributed by atoms with E-state index < -0.39 is 0 Å². The number of halogens is 1. The zero-order valence-corrected chi connectivity index (χ0v) is 11.9. The highest BCUT2D eigenvalue weighted by Gasteiger charge is 2.24. The molecule has 0 amide bonds. The first-order valence-electron chi connectivity index (χ1n) is 5.91. The second kappa shape index (κ2) is 7.81. The molecule has 0 aromatic rings. The van der Waals surface area contributed by atoms with Gasteiger partial charge in [0.1, 0.15) is 23.0 Å². The molecule has 0 aromatic heterocycles. The van der Waals surface area contributed by atoms with Gasteiger partial charge in [0.05, 0.1) is 18.8 Å². The molecule has 0 aliphatic carbocycles. The van der Waals surface area contributed by atoms with Crippen molar-refractivity contribution in [3.8, 4) is 0 Å². The summed E-state index contributed by atoms with van der Waals surface area (Å²) in [5.74, 6) is 0. The highest BCUT2D eigenvalue weighted by atomic mass is 127. The van der Waals surface area contributed by atoms with Crippen molar-refractivity contribution in [3.05, 3.63) is 0 Å². The summed E-state index contributed by atoms with van der Waals surface area (Å²) < 4.78 is 11.0. The monoisotopic (exact) mass is 327 g/mol. The van der Waals surface area contributed by atoms with Gasteiger partial charge in [-0.2, -0.15) is 0 Å². The lowest BCUT2D eigenvalue weighted by atomic mass is 10.1. The van der Waals surface area contributed by atoms with Crippen LogP contribution < -0.4 is 0 Å². The van der Waals surface area contributed by atoms with Gasteiger partial charge < -0.3 is 7.80 Å². The van der Waals surface area contributed by atoms with Gasteiger partial charge in [-0.15, -0.1) is 0 Å². The van der Waals surface area contributed by atoms with Crippen LogP contribution in [0, 0.1) is 0 Å². The van der Waals surface area contributed by atoms with E-state index in [4.69, 9.17) is 7.80 Å². The SMILES string of the molecule is CC[C@@H]1CN(CCCOI)C[C@H](CC)O1. The van der Waals surface area contributed by atoms with Crippen molar-refractivity contribution in [1.82, 2.24) is 4.90 Å². The van der Waals surface area contributed by atoms with Crippen LogP contribution in [0.1, 0.15) is 33.1 Å².